The topological polar surface area (TPSA) is 37.3 Å². The lowest BCUT2D eigenvalue weighted by Crippen LogP contribution is -1.98. The van der Waals surface area contributed by atoms with Crippen LogP contribution >= 0.6 is 38.9 Å². The number of carbonyl (C=O) groups is 1. The lowest BCUT2D eigenvalue weighted by atomic mass is 10.1. The Labute approximate surface area is 122 Å². The van der Waals surface area contributed by atoms with Gasteiger partial charge in [0.05, 0.1) is 5.57 Å². The first-order valence-corrected chi connectivity index (χ1v) is 7.02. The number of halogens is 2. The van der Waals surface area contributed by atoms with E-state index in [0.717, 1.165) is 9.35 Å². The predicted octanol–water partition coefficient (Wildman–Crippen LogP) is 4.79. The van der Waals surface area contributed by atoms with Gasteiger partial charge in [0.1, 0.15) is 4.34 Å². The fourth-order valence-corrected chi connectivity index (χ4v) is 3.14. The van der Waals surface area contributed by atoms with Gasteiger partial charge < -0.3 is 5.11 Å². The first-order chi connectivity index (χ1) is 8.58. The van der Waals surface area contributed by atoms with Crippen molar-refractivity contribution in [2.45, 2.75) is 0 Å². The Balaban J connectivity index is 2.46. The summed E-state index contributed by atoms with van der Waals surface area (Å²) in [6.07, 6.45) is 1.62. The van der Waals surface area contributed by atoms with Crippen molar-refractivity contribution >= 4 is 56.5 Å². The van der Waals surface area contributed by atoms with E-state index in [1.165, 1.54) is 11.3 Å². The molecule has 1 N–H and O–H groups in total. The Kier molecular flexibility index (Phi) is 4.22. The maximum absolute atomic E-state index is 11.3. The van der Waals surface area contributed by atoms with Gasteiger partial charge in [-0.25, -0.2) is 4.79 Å². The minimum Gasteiger partial charge on any atom is -0.478 e. The molecule has 0 amide bonds. The van der Waals surface area contributed by atoms with E-state index in [-0.39, 0.29) is 5.57 Å². The normalized spacial score (nSPS) is 11.6. The molecule has 1 aromatic heterocycles. The van der Waals surface area contributed by atoms with Crippen LogP contribution in [0.2, 0.25) is 4.34 Å². The van der Waals surface area contributed by atoms with Gasteiger partial charge in [-0.2, -0.15) is 0 Å². The summed E-state index contributed by atoms with van der Waals surface area (Å²) >= 11 is 10.6. The predicted molar refractivity (Wildman–Crippen MR) is 79.0 cm³/mol. The summed E-state index contributed by atoms with van der Waals surface area (Å²) < 4.78 is 1.39. The first-order valence-electron chi connectivity index (χ1n) is 5.03. The number of aliphatic carboxylic acids is 1. The lowest BCUT2D eigenvalue weighted by molar-refractivity contribution is -0.130. The van der Waals surface area contributed by atoms with Crippen LogP contribution in [0.15, 0.2) is 40.9 Å². The molecule has 92 valence electrons. The molecule has 0 aliphatic carbocycles. The maximum atomic E-state index is 11.3. The molecule has 2 aromatic rings. The number of thiophene rings is 1. The molecule has 5 heteroatoms. The highest BCUT2D eigenvalue weighted by Crippen LogP contribution is 2.34. The van der Waals surface area contributed by atoms with E-state index in [9.17, 15) is 9.90 Å². The molecule has 0 aliphatic heterocycles. The van der Waals surface area contributed by atoms with Gasteiger partial charge in [0.25, 0.3) is 0 Å². The smallest absolute Gasteiger partial charge is 0.336 e. The molecule has 0 spiro atoms. The van der Waals surface area contributed by atoms with Crippen molar-refractivity contribution in [2.24, 2.45) is 0 Å². The number of benzene rings is 1. The van der Waals surface area contributed by atoms with E-state index in [1.807, 2.05) is 18.2 Å². The second-order valence-electron chi connectivity index (χ2n) is 3.50. The zero-order chi connectivity index (χ0) is 13.1. The molecular formula is C13H8BrClO2S. The average Bonchev–Trinajstić information content (AvgIpc) is 2.66. The van der Waals surface area contributed by atoms with Crippen LogP contribution in [-0.4, -0.2) is 11.1 Å². The van der Waals surface area contributed by atoms with Gasteiger partial charge in [0.2, 0.25) is 0 Å². The Morgan fingerprint density at radius 2 is 2.00 bits per heavy atom. The molecule has 0 saturated carbocycles. The molecule has 0 radical (unpaired) electrons. The summed E-state index contributed by atoms with van der Waals surface area (Å²) in [7, 11) is 0. The van der Waals surface area contributed by atoms with E-state index in [1.54, 1.807) is 24.3 Å². The fourth-order valence-electron chi connectivity index (χ4n) is 1.46. The van der Waals surface area contributed by atoms with Gasteiger partial charge in [-0.05, 0) is 33.6 Å². The first kappa shape index (κ1) is 13.3. The Morgan fingerprint density at radius 3 is 2.50 bits per heavy atom. The van der Waals surface area contributed by atoms with Crippen molar-refractivity contribution in [1.82, 2.24) is 0 Å². The average molecular weight is 344 g/mol. The molecule has 0 atom stereocenters. The number of carboxylic acid groups (broad SMARTS) is 1. The minimum atomic E-state index is -0.957. The van der Waals surface area contributed by atoms with Crippen LogP contribution in [0.4, 0.5) is 0 Å². The van der Waals surface area contributed by atoms with Crippen molar-refractivity contribution < 1.29 is 9.90 Å². The third kappa shape index (κ3) is 3.02. The Hall–Kier alpha value is -1.10. The number of rotatable bonds is 3. The number of hydrogen-bond donors (Lipinski definition) is 1. The summed E-state index contributed by atoms with van der Waals surface area (Å²) in [5.41, 5.74) is 0.923. The van der Waals surface area contributed by atoms with Gasteiger partial charge in [-0.1, -0.05) is 41.9 Å². The number of carboxylic acids is 1. The molecule has 2 rings (SSSR count). The van der Waals surface area contributed by atoms with Gasteiger partial charge >= 0.3 is 5.97 Å². The van der Waals surface area contributed by atoms with Gasteiger partial charge in [0.15, 0.2) is 0 Å². The summed E-state index contributed by atoms with van der Waals surface area (Å²) in [5, 5.41) is 9.26. The molecule has 1 aromatic carbocycles. The second kappa shape index (κ2) is 5.69. The molecule has 0 saturated heterocycles. The second-order valence-corrected chi connectivity index (χ2v) is 6.04. The van der Waals surface area contributed by atoms with Crippen LogP contribution in [0.1, 0.15) is 10.4 Å². The van der Waals surface area contributed by atoms with E-state index < -0.39 is 5.97 Å². The molecule has 18 heavy (non-hydrogen) atoms. The van der Waals surface area contributed by atoms with E-state index >= 15 is 0 Å². The summed E-state index contributed by atoms with van der Waals surface area (Å²) in [5.74, 6) is -0.957. The van der Waals surface area contributed by atoms with Gasteiger partial charge in [-0.3, -0.25) is 0 Å². The molecular weight excluding hydrogens is 336 g/mol. The minimum absolute atomic E-state index is 0.251. The highest BCUT2D eigenvalue weighted by atomic mass is 79.9. The van der Waals surface area contributed by atoms with Crippen LogP contribution in [0.5, 0.6) is 0 Å². The van der Waals surface area contributed by atoms with Crippen LogP contribution in [0, 0.1) is 0 Å². The summed E-state index contributed by atoms with van der Waals surface area (Å²) in [4.78, 5) is 12.1. The summed E-state index contributed by atoms with van der Waals surface area (Å²) in [6.45, 7) is 0. The quantitative estimate of drug-likeness (QED) is 0.814. The zero-order valence-corrected chi connectivity index (χ0v) is 12.2. The molecule has 1 heterocycles. The summed E-state index contributed by atoms with van der Waals surface area (Å²) in [6, 6.07) is 10.8. The molecule has 0 aliphatic rings. The van der Waals surface area contributed by atoms with Crippen LogP contribution in [-0.2, 0) is 4.79 Å². The Morgan fingerprint density at radius 1 is 1.33 bits per heavy atom. The molecule has 0 bridgehead atoms. The third-order valence-corrected chi connectivity index (χ3v) is 4.69. The highest BCUT2D eigenvalue weighted by Gasteiger charge is 2.11. The van der Waals surface area contributed by atoms with E-state index in [0.29, 0.717) is 9.90 Å². The standard InChI is InChI=1S/C13H8BrClO2S/c14-11-7-9(18-12(11)15)6-10(13(16)17)8-4-2-1-3-5-8/h1-7H,(H,16,17)/b10-6+. The van der Waals surface area contributed by atoms with Crippen LogP contribution in [0.3, 0.4) is 0 Å². The van der Waals surface area contributed by atoms with Gasteiger partial charge in [0, 0.05) is 9.35 Å². The fraction of sp³-hybridized carbons (Fsp3) is 0. The van der Waals surface area contributed by atoms with E-state index in [4.69, 9.17) is 11.6 Å². The van der Waals surface area contributed by atoms with Crippen molar-refractivity contribution in [3.8, 4) is 0 Å². The van der Waals surface area contributed by atoms with Crippen molar-refractivity contribution in [3.05, 3.63) is 55.6 Å². The maximum Gasteiger partial charge on any atom is 0.336 e. The Bertz CT molecular complexity index is 585. The SMILES string of the molecule is O=C(O)/C(=C/c1cc(Br)c(Cl)s1)c1ccccc1. The van der Waals surface area contributed by atoms with Gasteiger partial charge in [-0.15, -0.1) is 11.3 Å². The zero-order valence-electron chi connectivity index (χ0n) is 9.06. The number of hydrogen-bond acceptors (Lipinski definition) is 2. The van der Waals surface area contributed by atoms with Crippen LogP contribution in [0.25, 0.3) is 11.6 Å². The molecule has 0 unspecified atom stereocenters. The monoisotopic (exact) mass is 342 g/mol. The van der Waals surface area contributed by atoms with Crippen molar-refractivity contribution in [1.29, 1.82) is 0 Å². The largest absolute Gasteiger partial charge is 0.478 e. The third-order valence-electron chi connectivity index (χ3n) is 2.27. The van der Waals surface area contributed by atoms with Crippen LogP contribution < -0.4 is 0 Å². The molecule has 0 fully saturated rings. The van der Waals surface area contributed by atoms with Crippen molar-refractivity contribution in [3.63, 3.8) is 0 Å². The molecule has 2 nitrogen and oxygen atoms in total. The van der Waals surface area contributed by atoms with Crippen molar-refractivity contribution in [2.75, 3.05) is 0 Å². The van der Waals surface area contributed by atoms with E-state index in [2.05, 4.69) is 15.9 Å². The lowest BCUT2D eigenvalue weighted by Gasteiger charge is -2.01. The highest BCUT2D eigenvalue weighted by molar-refractivity contribution is 9.10.